The van der Waals surface area contributed by atoms with Crippen molar-refractivity contribution in [1.82, 2.24) is 4.90 Å². The zero-order valence-corrected chi connectivity index (χ0v) is 13.2. The second-order valence-electron chi connectivity index (χ2n) is 5.56. The molecule has 1 aromatic carbocycles. The van der Waals surface area contributed by atoms with E-state index in [0.717, 1.165) is 18.0 Å². The third-order valence-electron chi connectivity index (χ3n) is 4.17. The maximum absolute atomic E-state index is 11.3. The highest BCUT2D eigenvalue weighted by molar-refractivity contribution is 6.30. The highest BCUT2D eigenvalue weighted by Gasteiger charge is 2.38. The predicted octanol–water partition coefficient (Wildman–Crippen LogP) is 2.69. The number of hydrogen-bond acceptors (Lipinski definition) is 3. The lowest BCUT2D eigenvalue weighted by Gasteiger charge is -2.34. The first kappa shape index (κ1) is 16.3. The van der Waals surface area contributed by atoms with Gasteiger partial charge >= 0.3 is 5.97 Å². The lowest BCUT2D eigenvalue weighted by Crippen LogP contribution is -2.48. The van der Waals surface area contributed by atoms with Crippen LogP contribution in [0.25, 0.3) is 0 Å². The fourth-order valence-corrected chi connectivity index (χ4v) is 3.18. The number of benzene rings is 1. The van der Waals surface area contributed by atoms with Gasteiger partial charge in [-0.2, -0.15) is 0 Å². The van der Waals surface area contributed by atoms with E-state index in [1.165, 1.54) is 5.56 Å². The van der Waals surface area contributed by atoms with Gasteiger partial charge < -0.3 is 9.84 Å². The SMILES string of the molecule is CCN(C(C)Cc1ccc(Cl)cc1)C1COCC1C(=O)O. The third-order valence-corrected chi connectivity index (χ3v) is 4.42. The van der Waals surface area contributed by atoms with Crippen LogP contribution >= 0.6 is 11.6 Å². The van der Waals surface area contributed by atoms with E-state index >= 15 is 0 Å². The lowest BCUT2D eigenvalue weighted by molar-refractivity contribution is -0.143. The van der Waals surface area contributed by atoms with Crippen molar-refractivity contribution < 1.29 is 14.6 Å². The number of ether oxygens (including phenoxy) is 1. The molecule has 0 spiro atoms. The number of carboxylic acid groups (broad SMARTS) is 1. The van der Waals surface area contributed by atoms with E-state index in [2.05, 4.69) is 18.7 Å². The van der Waals surface area contributed by atoms with Crippen LogP contribution in [0, 0.1) is 5.92 Å². The van der Waals surface area contributed by atoms with E-state index in [0.29, 0.717) is 13.2 Å². The number of aliphatic carboxylic acids is 1. The molecule has 4 nitrogen and oxygen atoms in total. The topological polar surface area (TPSA) is 49.8 Å². The van der Waals surface area contributed by atoms with Crippen molar-refractivity contribution in [3.8, 4) is 0 Å². The first-order chi connectivity index (χ1) is 10.0. The zero-order valence-electron chi connectivity index (χ0n) is 12.5. The van der Waals surface area contributed by atoms with Crippen LogP contribution < -0.4 is 0 Å². The fraction of sp³-hybridized carbons (Fsp3) is 0.562. The number of rotatable bonds is 6. The third kappa shape index (κ3) is 3.96. The molecule has 0 aliphatic carbocycles. The molecule has 1 aromatic rings. The van der Waals surface area contributed by atoms with Gasteiger partial charge in [0.25, 0.3) is 0 Å². The molecule has 1 aliphatic rings. The summed E-state index contributed by atoms with van der Waals surface area (Å²) < 4.78 is 5.39. The van der Waals surface area contributed by atoms with Gasteiger partial charge in [0.15, 0.2) is 0 Å². The standard InChI is InChI=1S/C16H22ClNO3/c1-3-18(15-10-21-9-14(15)16(19)20)11(2)8-12-4-6-13(17)7-5-12/h4-7,11,14-15H,3,8-10H2,1-2H3,(H,19,20). The average molecular weight is 312 g/mol. The van der Waals surface area contributed by atoms with Gasteiger partial charge in [0.2, 0.25) is 0 Å². The normalized spacial score (nSPS) is 23.4. The Kier molecular flexibility index (Phi) is 5.62. The molecular weight excluding hydrogens is 290 g/mol. The fourth-order valence-electron chi connectivity index (χ4n) is 3.06. The van der Waals surface area contributed by atoms with E-state index in [9.17, 15) is 9.90 Å². The Morgan fingerprint density at radius 3 is 2.67 bits per heavy atom. The molecule has 1 N–H and O–H groups in total. The zero-order chi connectivity index (χ0) is 15.4. The van der Waals surface area contributed by atoms with Crippen molar-refractivity contribution in [2.75, 3.05) is 19.8 Å². The summed E-state index contributed by atoms with van der Waals surface area (Å²) in [6.07, 6.45) is 0.869. The summed E-state index contributed by atoms with van der Waals surface area (Å²) in [5, 5.41) is 10.0. The molecule has 1 heterocycles. The molecule has 0 bridgehead atoms. The largest absolute Gasteiger partial charge is 0.481 e. The van der Waals surface area contributed by atoms with Crippen LogP contribution in [-0.4, -0.2) is 47.8 Å². The molecule has 0 amide bonds. The number of nitrogens with zero attached hydrogens (tertiary/aromatic N) is 1. The van der Waals surface area contributed by atoms with Crippen LogP contribution in [0.4, 0.5) is 0 Å². The van der Waals surface area contributed by atoms with Crippen LogP contribution in [0.1, 0.15) is 19.4 Å². The second-order valence-corrected chi connectivity index (χ2v) is 6.00. The maximum Gasteiger partial charge on any atom is 0.310 e. The van der Waals surface area contributed by atoms with Crippen molar-refractivity contribution in [2.45, 2.75) is 32.4 Å². The Morgan fingerprint density at radius 1 is 1.43 bits per heavy atom. The second kappa shape index (κ2) is 7.25. The average Bonchev–Trinajstić information content (AvgIpc) is 2.91. The van der Waals surface area contributed by atoms with Crippen LogP contribution in [0.2, 0.25) is 5.02 Å². The number of carbonyl (C=O) groups is 1. The van der Waals surface area contributed by atoms with Crippen molar-refractivity contribution in [1.29, 1.82) is 0 Å². The molecule has 3 atom stereocenters. The van der Waals surface area contributed by atoms with E-state index < -0.39 is 11.9 Å². The van der Waals surface area contributed by atoms with Gasteiger partial charge in [-0.1, -0.05) is 30.7 Å². The minimum atomic E-state index is -0.769. The molecule has 0 aromatic heterocycles. The van der Waals surface area contributed by atoms with Gasteiger partial charge in [0.05, 0.1) is 19.1 Å². The van der Waals surface area contributed by atoms with E-state index in [1.807, 2.05) is 24.3 Å². The van der Waals surface area contributed by atoms with E-state index in [1.54, 1.807) is 0 Å². The molecule has 116 valence electrons. The molecule has 5 heteroatoms. The molecule has 0 saturated carbocycles. The molecule has 1 fully saturated rings. The Morgan fingerprint density at radius 2 is 2.10 bits per heavy atom. The van der Waals surface area contributed by atoms with Gasteiger partial charge in [-0.05, 0) is 37.6 Å². The molecule has 1 saturated heterocycles. The molecule has 1 aliphatic heterocycles. The quantitative estimate of drug-likeness (QED) is 0.877. The minimum Gasteiger partial charge on any atom is -0.481 e. The molecule has 3 unspecified atom stereocenters. The number of halogens is 1. The van der Waals surface area contributed by atoms with Crippen molar-refractivity contribution in [2.24, 2.45) is 5.92 Å². The highest BCUT2D eigenvalue weighted by atomic mass is 35.5. The molecular formula is C16H22ClNO3. The molecule has 21 heavy (non-hydrogen) atoms. The highest BCUT2D eigenvalue weighted by Crippen LogP contribution is 2.23. The van der Waals surface area contributed by atoms with Crippen molar-refractivity contribution in [3.63, 3.8) is 0 Å². The van der Waals surface area contributed by atoms with E-state index in [-0.39, 0.29) is 12.1 Å². The smallest absolute Gasteiger partial charge is 0.310 e. The van der Waals surface area contributed by atoms with Crippen LogP contribution in [0.3, 0.4) is 0 Å². The predicted molar refractivity (Wildman–Crippen MR) is 82.7 cm³/mol. The van der Waals surface area contributed by atoms with Gasteiger partial charge in [0, 0.05) is 17.1 Å². The number of likely N-dealkylation sites (N-methyl/N-ethyl adjacent to an activating group) is 1. The van der Waals surface area contributed by atoms with Crippen LogP contribution in [0.5, 0.6) is 0 Å². The summed E-state index contributed by atoms with van der Waals surface area (Å²) in [6.45, 7) is 5.82. The molecule has 2 rings (SSSR count). The van der Waals surface area contributed by atoms with Gasteiger partial charge in [-0.3, -0.25) is 9.69 Å². The van der Waals surface area contributed by atoms with Crippen LogP contribution in [-0.2, 0) is 16.0 Å². The first-order valence-electron chi connectivity index (χ1n) is 7.33. The maximum atomic E-state index is 11.3. The summed E-state index contributed by atoms with van der Waals surface area (Å²) in [5.74, 6) is -1.20. The summed E-state index contributed by atoms with van der Waals surface area (Å²) >= 11 is 5.90. The molecule has 0 radical (unpaired) electrons. The van der Waals surface area contributed by atoms with Crippen molar-refractivity contribution >= 4 is 17.6 Å². The van der Waals surface area contributed by atoms with E-state index in [4.69, 9.17) is 16.3 Å². The number of carboxylic acids is 1. The Labute approximate surface area is 130 Å². The summed E-state index contributed by atoms with van der Waals surface area (Å²) in [6, 6.07) is 8.02. The minimum absolute atomic E-state index is 0.0465. The Balaban J connectivity index is 2.05. The van der Waals surface area contributed by atoms with Gasteiger partial charge in [0.1, 0.15) is 0 Å². The monoisotopic (exact) mass is 311 g/mol. The Hall–Kier alpha value is -1.10. The number of hydrogen-bond donors (Lipinski definition) is 1. The summed E-state index contributed by atoms with van der Waals surface area (Å²) in [4.78, 5) is 13.6. The van der Waals surface area contributed by atoms with Crippen molar-refractivity contribution in [3.05, 3.63) is 34.9 Å². The summed E-state index contributed by atoms with van der Waals surface area (Å²) in [5.41, 5.74) is 1.20. The van der Waals surface area contributed by atoms with Crippen LogP contribution in [0.15, 0.2) is 24.3 Å². The summed E-state index contributed by atoms with van der Waals surface area (Å²) in [7, 11) is 0. The Bertz CT molecular complexity index is 477. The first-order valence-corrected chi connectivity index (χ1v) is 7.71. The van der Waals surface area contributed by atoms with Gasteiger partial charge in [-0.15, -0.1) is 0 Å². The lowest BCUT2D eigenvalue weighted by atomic mass is 9.98. The van der Waals surface area contributed by atoms with Gasteiger partial charge in [-0.25, -0.2) is 0 Å².